The minimum Gasteiger partial charge on any atom is -0.338 e. The lowest BCUT2D eigenvalue weighted by atomic mass is 8.96. The fraction of sp³-hybridized carbons (Fsp3) is 0.500. The molecule has 124 valence electrons. The molecule has 1 aromatic carbocycles. The first-order valence-corrected chi connectivity index (χ1v) is 9.43. The third-order valence-electron chi connectivity index (χ3n) is 8.88. The van der Waals surface area contributed by atoms with Crippen LogP contribution in [0.1, 0.15) is 5.56 Å². The van der Waals surface area contributed by atoms with Gasteiger partial charge in [-0.25, -0.2) is 0 Å². The Labute approximate surface area is 145 Å². The van der Waals surface area contributed by atoms with Crippen molar-refractivity contribution in [1.29, 1.82) is 0 Å². The zero-order chi connectivity index (χ0) is 16.2. The summed E-state index contributed by atoms with van der Waals surface area (Å²) in [7, 11) is 1.95. The van der Waals surface area contributed by atoms with E-state index in [2.05, 4.69) is 27.4 Å². The van der Waals surface area contributed by atoms with E-state index < -0.39 is 0 Å². The molecule has 9 rings (SSSR count). The summed E-state index contributed by atoms with van der Waals surface area (Å²) in [5, 5.41) is 7.90. The topological polar surface area (TPSA) is 50.2 Å². The van der Waals surface area contributed by atoms with Crippen LogP contribution < -0.4 is 10.2 Å². The number of carbonyl (C=O) groups excluding carboxylic acids is 1. The van der Waals surface area contributed by atoms with E-state index in [9.17, 15) is 4.79 Å². The van der Waals surface area contributed by atoms with Crippen LogP contribution in [-0.2, 0) is 18.4 Å². The monoisotopic (exact) mass is 330 g/mol. The van der Waals surface area contributed by atoms with Crippen LogP contribution in [0.15, 0.2) is 30.5 Å². The highest BCUT2D eigenvalue weighted by Gasteiger charge is 3.06. The van der Waals surface area contributed by atoms with Gasteiger partial charge in [0.15, 0.2) is 0 Å². The van der Waals surface area contributed by atoms with E-state index in [1.165, 1.54) is 0 Å². The second-order valence-electron chi connectivity index (χ2n) is 9.00. The molecular weight excluding hydrogens is 312 g/mol. The number of fused-ring (bicyclic) bond motifs is 2. The van der Waals surface area contributed by atoms with Crippen molar-refractivity contribution in [2.24, 2.45) is 53.9 Å². The predicted octanol–water partition coefficient (Wildman–Crippen LogP) is 2.38. The van der Waals surface area contributed by atoms with Gasteiger partial charge >= 0.3 is 0 Å². The lowest BCUT2D eigenvalue weighted by Crippen LogP contribution is -3.07. The van der Waals surface area contributed by atoms with E-state index >= 15 is 0 Å². The lowest BCUT2D eigenvalue weighted by Gasteiger charge is -3.06. The third-order valence-corrected chi connectivity index (χ3v) is 8.88. The molecule has 0 spiro atoms. The van der Waals surface area contributed by atoms with Gasteiger partial charge in [0.1, 0.15) is 5.82 Å². The highest BCUT2D eigenvalue weighted by atomic mass is 16.2. The minimum atomic E-state index is 0.0363. The number of anilines is 3. The Morgan fingerprint density at radius 3 is 2.64 bits per heavy atom. The van der Waals surface area contributed by atoms with Crippen LogP contribution in [0, 0.1) is 46.8 Å². The molecule has 0 atom stereocenters. The number of hydrogen-bond acceptors (Lipinski definition) is 3. The molecule has 0 bridgehead atoms. The number of nitrogens with one attached hydrogen (secondary N) is 1. The molecule has 6 fully saturated rings. The van der Waals surface area contributed by atoms with Crippen molar-refractivity contribution in [1.82, 2.24) is 9.78 Å². The SMILES string of the molecule is Cn1ncc2c1Nc1ccccc1N(C(=O)C13C4C5C6C4C1C6C53)C2. The van der Waals surface area contributed by atoms with Gasteiger partial charge in [-0.3, -0.25) is 9.48 Å². The average Bonchev–Trinajstić information content (AvgIpc) is 2.90. The summed E-state index contributed by atoms with van der Waals surface area (Å²) in [4.78, 5) is 15.9. The van der Waals surface area contributed by atoms with Crippen LogP contribution in [0.2, 0.25) is 0 Å². The van der Waals surface area contributed by atoms with Crippen LogP contribution in [0.3, 0.4) is 0 Å². The van der Waals surface area contributed by atoms with Crippen molar-refractivity contribution in [2.75, 3.05) is 10.2 Å². The summed E-state index contributed by atoms with van der Waals surface area (Å²) in [6.07, 6.45) is 1.90. The van der Waals surface area contributed by atoms with Crippen molar-refractivity contribution < 1.29 is 4.79 Å². The second kappa shape index (κ2) is 3.22. The van der Waals surface area contributed by atoms with Crippen molar-refractivity contribution in [2.45, 2.75) is 6.54 Å². The summed E-state index contributed by atoms with van der Waals surface area (Å²) in [5.74, 6) is 7.44. The first kappa shape index (κ1) is 12.1. The summed E-state index contributed by atoms with van der Waals surface area (Å²) >= 11 is 0. The van der Waals surface area contributed by atoms with Gasteiger partial charge < -0.3 is 10.2 Å². The minimum absolute atomic E-state index is 0.0363. The van der Waals surface area contributed by atoms with Crippen LogP contribution in [0.4, 0.5) is 17.2 Å². The van der Waals surface area contributed by atoms with Gasteiger partial charge in [-0.05, 0) is 53.6 Å². The zero-order valence-electron chi connectivity index (χ0n) is 13.9. The molecule has 5 nitrogen and oxygen atoms in total. The standard InChI is InChI=1S/C20H18N4O/c1-23-18-8(6-21-23)7-24(10-5-3-2-4-9(10)22-18)19(25)20-15-12-11-13(15)17(20)14(11)16(12)20/h2-6,11-17,22H,7H2,1H3. The molecule has 1 N–H and O–H groups in total. The average molecular weight is 330 g/mol. The molecule has 6 aliphatic carbocycles. The summed E-state index contributed by atoms with van der Waals surface area (Å²) in [6.45, 7) is 0.628. The molecular formula is C20H18N4O. The highest BCUT2D eigenvalue weighted by Crippen LogP contribution is 3.06. The van der Waals surface area contributed by atoms with Crippen LogP contribution in [0.25, 0.3) is 0 Å². The number of aromatic nitrogens is 2. The van der Waals surface area contributed by atoms with E-state index in [0.717, 1.165) is 64.2 Å². The maximum Gasteiger partial charge on any atom is 0.234 e. The quantitative estimate of drug-likeness (QED) is 0.873. The Balaban J connectivity index is 1.27. The predicted molar refractivity (Wildman–Crippen MR) is 91.0 cm³/mol. The van der Waals surface area contributed by atoms with E-state index in [1.807, 2.05) is 30.1 Å². The van der Waals surface area contributed by atoms with Gasteiger partial charge in [0.2, 0.25) is 5.91 Å². The first-order chi connectivity index (χ1) is 12.2. The van der Waals surface area contributed by atoms with Gasteiger partial charge in [-0.15, -0.1) is 0 Å². The molecule has 1 aliphatic heterocycles. The summed E-state index contributed by atoms with van der Waals surface area (Å²) in [5.41, 5.74) is 3.17. The van der Waals surface area contributed by atoms with Crippen molar-refractivity contribution in [3.05, 3.63) is 36.0 Å². The Kier molecular flexibility index (Phi) is 1.56. The number of para-hydroxylation sites is 2. The maximum atomic E-state index is 13.8. The van der Waals surface area contributed by atoms with Crippen LogP contribution in [-0.4, -0.2) is 15.7 Å². The van der Waals surface area contributed by atoms with Crippen LogP contribution >= 0.6 is 0 Å². The fourth-order valence-electron chi connectivity index (χ4n) is 8.23. The lowest BCUT2D eigenvalue weighted by molar-refractivity contribution is -0.595. The Morgan fingerprint density at radius 1 is 1.16 bits per heavy atom. The Morgan fingerprint density at radius 2 is 1.88 bits per heavy atom. The Hall–Kier alpha value is -2.30. The molecule has 0 radical (unpaired) electrons. The molecule has 5 heteroatoms. The summed E-state index contributed by atoms with van der Waals surface area (Å²) in [6, 6.07) is 8.22. The van der Waals surface area contributed by atoms with E-state index in [-0.39, 0.29) is 5.41 Å². The van der Waals surface area contributed by atoms with Gasteiger partial charge in [0.25, 0.3) is 0 Å². The number of carbonyl (C=O) groups is 1. The largest absolute Gasteiger partial charge is 0.338 e. The molecule has 7 aliphatic rings. The van der Waals surface area contributed by atoms with Crippen LogP contribution in [0.5, 0.6) is 0 Å². The van der Waals surface area contributed by atoms with Gasteiger partial charge in [-0.2, -0.15) is 5.10 Å². The molecule has 1 aromatic heterocycles. The van der Waals surface area contributed by atoms with Crippen molar-refractivity contribution >= 4 is 23.1 Å². The van der Waals surface area contributed by atoms with Gasteiger partial charge in [0.05, 0.1) is 29.5 Å². The number of nitrogens with zero attached hydrogens (tertiary/aromatic N) is 3. The molecule has 2 aromatic rings. The number of benzene rings is 1. The van der Waals surface area contributed by atoms with E-state index in [0.29, 0.717) is 12.5 Å². The molecule has 0 unspecified atom stereocenters. The number of hydrogen-bond donors (Lipinski definition) is 1. The molecule has 0 saturated heterocycles. The zero-order valence-corrected chi connectivity index (χ0v) is 13.9. The van der Waals surface area contributed by atoms with E-state index in [4.69, 9.17) is 0 Å². The number of rotatable bonds is 1. The molecule has 1 amide bonds. The second-order valence-corrected chi connectivity index (χ2v) is 9.00. The van der Waals surface area contributed by atoms with Gasteiger partial charge in [0, 0.05) is 12.6 Å². The maximum absolute atomic E-state index is 13.8. The van der Waals surface area contributed by atoms with E-state index in [1.54, 1.807) is 0 Å². The molecule has 6 saturated carbocycles. The first-order valence-electron chi connectivity index (χ1n) is 9.43. The summed E-state index contributed by atoms with van der Waals surface area (Å²) < 4.78 is 1.87. The normalized spacial score (nSPS) is 47.4. The number of aryl methyl sites for hydroxylation is 1. The highest BCUT2D eigenvalue weighted by molar-refractivity contribution is 6.05. The third kappa shape index (κ3) is 0.882. The number of amides is 1. The molecule has 25 heavy (non-hydrogen) atoms. The Bertz CT molecular complexity index is 972. The van der Waals surface area contributed by atoms with Gasteiger partial charge in [-0.1, -0.05) is 12.1 Å². The molecule has 2 heterocycles. The van der Waals surface area contributed by atoms with Crippen molar-refractivity contribution in [3.63, 3.8) is 0 Å². The fourth-order valence-corrected chi connectivity index (χ4v) is 8.23. The van der Waals surface area contributed by atoms with Crippen molar-refractivity contribution in [3.8, 4) is 0 Å². The smallest absolute Gasteiger partial charge is 0.234 e.